The van der Waals surface area contributed by atoms with Crippen LogP contribution in [0.15, 0.2) is 48.5 Å². The van der Waals surface area contributed by atoms with Gasteiger partial charge in [-0.3, -0.25) is 9.59 Å². The second kappa shape index (κ2) is 8.05. The SMILES string of the molecule is CC(=O)Nc1cccc(N2CCN(C(=O)c3ccc(C(C)(C)C)cc3)CC2)c1. The van der Waals surface area contributed by atoms with Crippen LogP contribution in [0.25, 0.3) is 0 Å². The Labute approximate surface area is 167 Å². The lowest BCUT2D eigenvalue weighted by molar-refractivity contribution is -0.114. The van der Waals surface area contributed by atoms with Crippen LogP contribution >= 0.6 is 0 Å². The zero-order valence-electron chi connectivity index (χ0n) is 17.2. The predicted molar refractivity (Wildman–Crippen MR) is 114 cm³/mol. The Kier molecular flexibility index (Phi) is 5.73. The molecular formula is C23H29N3O2. The molecule has 2 aromatic carbocycles. The fourth-order valence-corrected chi connectivity index (χ4v) is 3.45. The van der Waals surface area contributed by atoms with E-state index in [2.05, 4.69) is 43.1 Å². The monoisotopic (exact) mass is 379 g/mol. The van der Waals surface area contributed by atoms with Crippen LogP contribution in [0.5, 0.6) is 0 Å². The highest BCUT2D eigenvalue weighted by molar-refractivity contribution is 5.94. The van der Waals surface area contributed by atoms with E-state index < -0.39 is 0 Å². The van der Waals surface area contributed by atoms with Gasteiger partial charge in [0.1, 0.15) is 0 Å². The third-order valence-electron chi connectivity index (χ3n) is 5.10. The van der Waals surface area contributed by atoms with Crippen LogP contribution in [0, 0.1) is 0 Å². The summed E-state index contributed by atoms with van der Waals surface area (Å²) in [5, 5.41) is 2.82. The van der Waals surface area contributed by atoms with Crippen molar-refractivity contribution in [3.8, 4) is 0 Å². The number of anilines is 2. The highest BCUT2D eigenvalue weighted by Gasteiger charge is 2.23. The summed E-state index contributed by atoms with van der Waals surface area (Å²) in [5.41, 5.74) is 3.91. The molecule has 5 nitrogen and oxygen atoms in total. The average Bonchev–Trinajstić information content (AvgIpc) is 2.67. The third kappa shape index (κ3) is 4.71. The molecule has 5 heteroatoms. The standard InChI is InChI=1S/C23H29N3O2/c1-17(27)24-20-6-5-7-21(16-20)25-12-14-26(15-13-25)22(28)18-8-10-19(11-9-18)23(2,3)4/h5-11,16H,12-15H2,1-4H3,(H,24,27). The smallest absolute Gasteiger partial charge is 0.253 e. The van der Waals surface area contributed by atoms with Crippen molar-refractivity contribution in [2.24, 2.45) is 0 Å². The van der Waals surface area contributed by atoms with E-state index in [0.29, 0.717) is 13.1 Å². The zero-order chi connectivity index (χ0) is 20.3. The van der Waals surface area contributed by atoms with Crippen molar-refractivity contribution >= 4 is 23.2 Å². The van der Waals surface area contributed by atoms with Crippen LogP contribution in [-0.4, -0.2) is 42.9 Å². The van der Waals surface area contributed by atoms with E-state index in [0.717, 1.165) is 30.0 Å². The van der Waals surface area contributed by atoms with Gasteiger partial charge < -0.3 is 15.1 Å². The molecule has 0 atom stereocenters. The Morgan fingerprint density at radius 3 is 2.14 bits per heavy atom. The zero-order valence-corrected chi connectivity index (χ0v) is 17.2. The third-order valence-corrected chi connectivity index (χ3v) is 5.10. The molecule has 3 rings (SSSR count). The van der Waals surface area contributed by atoms with Crippen molar-refractivity contribution in [1.29, 1.82) is 0 Å². The molecule has 0 radical (unpaired) electrons. The molecule has 0 unspecified atom stereocenters. The topological polar surface area (TPSA) is 52.7 Å². The number of carbonyl (C=O) groups excluding carboxylic acids is 2. The van der Waals surface area contributed by atoms with Gasteiger partial charge in [-0.2, -0.15) is 0 Å². The second-order valence-electron chi connectivity index (χ2n) is 8.34. The Morgan fingerprint density at radius 1 is 0.929 bits per heavy atom. The van der Waals surface area contributed by atoms with Crippen molar-refractivity contribution in [1.82, 2.24) is 4.90 Å². The highest BCUT2D eigenvalue weighted by Crippen LogP contribution is 2.24. The van der Waals surface area contributed by atoms with Crippen LogP contribution in [0.4, 0.5) is 11.4 Å². The molecule has 148 valence electrons. The molecule has 1 aliphatic heterocycles. The molecule has 0 bridgehead atoms. The van der Waals surface area contributed by atoms with Crippen LogP contribution in [0.3, 0.4) is 0 Å². The number of amides is 2. The molecule has 1 aliphatic rings. The molecule has 0 saturated carbocycles. The second-order valence-corrected chi connectivity index (χ2v) is 8.34. The van der Waals surface area contributed by atoms with E-state index in [4.69, 9.17) is 0 Å². The largest absolute Gasteiger partial charge is 0.368 e. The van der Waals surface area contributed by atoms with Gasteiger partial charge in [0.25, 0.3) is 5.91 Å². The molecule has 0 aliphatic carbocycles. The minimum atomic E-state index is -0.0787. The summed E-state index contributed by atoms with van der Waals surface area (Å²) in [5.74, 6) is 0.0113. The fraction of sp³-hybridized carbons (Fsp3) is 0.391. The van der Waals surface area contributed by atoms with E-state index in [1.165, 1.54) is 12.5 Å². The first-order valence-corrected chi connectivity index (χ1v) is 9.76. The van der Waals surface area contributed by atoms with Crippen molar-refractivity contribution in [2.75, 3.05) is 36.4 Å². The van der Waals surface area contributed by atoms with Crippen molar-refractivity contribution in [3.05, 3.63) is 59.7 Å². The first-order valence-electron chi connectivity index (χ1n) is 9.76. The van der Waals surface area contributed by atoms with Gasteiger partial charge in [-0.15, -0.1) is 0 Å². The first-order chi connectivity index (χ1) is 13.2. The van der Waals surface area contributed by atoms with E-state index in [1.54, 1.807) is 0 Å². The lowest BCUT2D eigenvalue weighted by Gasteiger charge is -2.36. The molecule has 2 amide bonds. The number of nitrogens with zero attached hydrogens (tertiary/aromatic N) is 2. The Morgan fingerprint density at radius 2 is 1.57 bits per heavy atom. The predicted octanol–water partition coefficient (Wildman–Crippen LogP) is 3.90. The van der Waals surface area contributed by atoms with Crippen LogP contribution in [0.2, 0.25) is 0 Å². The molecule has 1 heterocycles. The average molecular weight is 380 g/mol. The molecular weight excluding hydrogens is 350 g/mol. The van der Waals surface area contributed by atoms with Crippen molar-refractivity contribution < 1.29 is 9.59 Å². The Bertz CT molecular complexity index is 845. The van der Waals surface area contributed by atoms with Crippen LogP contribution < -0.4 is 10.2 Å². The summed E-state index contributed by atoms with van der Waals surface area (Å²) < 4.78 is 0. The highest BCUT2D eigenvalue weighted by atomic mass is 16.2. The van der Waals surface area contributed by atoms with Gasteiger partial charge in [0.05, 0.1) is 0 Å². The Balaban J connectivity index is 1.62. The number of piperazine rings is 1. The van der Waals surface area contributed by atoms with E-state index in [1.807, 2.05) is 41.3 Å². The van der Waals surface area contributed by atoms with Crippen LogP contribution in [-0.2, 0) is 10.2 Å². The maximum absolute atomic E-state index is 12.8. The normalized spacial score (nSPS) is 14.7. The van der Waals surface area contributed by atoms with Gasteiger partial charge in [-0.05, 0) is 41.3 Å². The number of benzene rings is 2. The molecule has 1 fully saturated rings. The number of nitrogens with one attached hydrogen (secondary N) is 1. The van der Waals surface area contributed by atoms with Gasteiger partial charge >= 0.3 is 0 Å². The molecule has 1 saturated heterocycles. The van der Waals surface area contributed by atoms with Gasteiger partial charge in [-0.25, -0.2) is 0 Å². The van der Waals surface area contributed by atoms with E-state index >= 15 is 0 Å². The lowest BCUT2D eigenvalue weighted by Crippen LogP contribution is -2.48. The van der Waals surface area contributed by atoms with Gasteiger partial charge in [0.2, 0.25) is 5.91 Å². The van der Waals surface area contributed by atoms with Gasteiger partial charge in [0.15, 0.2) is 0 Å². The van der Waals surface area contributed by atoms with E-state index in [9.17, 15) is 9.59 Å². The molecule has 28 heavy (non-hydrogen) atoms. The maximum Gasteiger partial charge on any atom is 0.253 e. The van der Waals surface area contributed by atoms with Gasteiger partial charge in [0, 0.05) is 50.0 Å². The summed E-state index contributed by atoms with van der Waals surface area (Å²) in [4.78, 5) is 28.3. The number of carbonyl (C=O) groups is 2. The molecule has 0 spiro atoms. The minimum absolute atomic E-state index is 0.0787. The van der Waals surface area contributed by atoms with Gasteiger partial charge in [-0.1, -0.05) is 39.0 Å². The molecule has 1 N–H and O–H groups in total. The minimum Gasteiger partial charge on any atom is -0.368 e. The molecule has 2 aromatic rings. The first kappa shape index (κ1) is 19.9. The summed E-state index contributed by atoms with van der Waals surface area (Å²) >= 11 is 0. The number of hydrogen-bond acceptors (Lipinski definition) is 3. The lowest BCUT2D eigenvalue weighted by atomic mass is 9.86. The number of hydrogen-bond donors (Lipinski definition) is 1. The summed E-state index contributed by atoms with van der Waals surface area (Å²) in [6.07, 6.45) is 0. The summed E-state index contributed by atoms with van der Waals surface area (Å²) in [6.45, 7) is 10.9. The molecule has 0 aromatic heterocycles. The van der Waals surface area contributed by atoms with Crippen molar-refractivity contribution in [3.63, 3.8) is 0 Å². The van der Waals surface area contributed by atoms with E-state index in [-0.39, 0.29) is 17.2 Å². The van der Waals surface area contributed by atoms with Crippen LogP contribution in [0.1, 0.15) is 43.6 Å². The summed E-state index contributed by atoms with van der Waals surface area (Å²) in [7, 11) is 0. The maximum atomic E-state index is 12.8. The Hall–Kier alpha value is -2.82. The quantitative estimate of drug-likeness (QED) is 0.880. The summed E-state index contributed by atoms with van der Waals surface area (Å²) in [6, 6.07) is 15.8. The van der Waals surface area contributed by atoms with Crippen molar-refractivity contribution in [2.45, 2.75) is 33.1 Å². The fourth-order valence-electron chi connectivity index (χ4n) is 3.45. The number of rotatable bonds is 3.